The molecular weight excluding hydrogens is 208 g/mol. The Morgan fingerprint density at radius 3 is 3.00 bits per heavy atom. The van der Waals surface area contributed by atoms with Crippen molar-refractivity contribution in [2.75, 3.05) is 5.73 Å². The average molecular weight is 216 g/mol. The van der Waals surface area contributed by atoms with Crippen molar-refractivity contribution in [1.29, 1.82) is 0 Å². The highest BCUT2D eigenvalue weighted by Gasteiger charge is 2.04. The maximum atomic E-state index is 5.86. The van der Waals surface area contributed by atoms with Gasteiger partial charge in [0, 0.05) is 11.5 Å². The largest absolute Gasteiger partial charge is 0.383 e. The summed E-state index contributed by atoms with van der Waals surface area (Å²) in [7, 11) is 0. The molecule has 3 aromatic rings. The minimum Gasteiger partial charge on any atom is -0.383 e. The van der Waals surface area contributed by atoms with Crippen molar-refractivity contribution in [3.8, 4) is 0 Å². The fourth-order valence-corrected chi connectivity index (χ4v) is 1.91. The number of fused-ring (bicyclic) bond motifs is 3. The Morgan fingerprint density at radius 1 is 1.33 bits per heavy atom. The second-order valence-electron chi connectivity index (χ2n) is 3.33. The van der Waals surface area contributed by atoms with Gasteiger partial charge in [-0.25, -0.2) is 9.50 Å². The van der Waals surface area contributed by atoms with Crippen LogP contribution in [0.4, 0.5) is 5.82 Å². The van der Waals surface area contributed by atoms with E-state index in [-0.39, 0.29) is 0 Å². The van der Waals surface area contributed by atoms with Gasteiger partial charge in [0.25, 0.3) is 0 Å². The molecule has 3 N–H and O–H groups in total. The van der Waals surface area contributed by atoms with Crippen LogP contribution >= 0.6 is 12.2 Å². The molecule has 0 amide bonds. The minimum atomic E-state index is 0.527. The summed E-state index contributed by atoms with van der Waals surface area (Å²) in [4.78, 5) is 4.27. The van der Waals surface area contributed by atoms with E-state index in [1.807, 2.05) is 28.8 Å². The number of nitrogens with two attached hydrogens (primary N) is 1. The number of benzene rings is 1. The number of hydrogen-bond donors (Lipinski definition) is 2. The normalized spacial score (nSPS) is 11.2. The Labute approximate surface area is 90.3 Å². The van der Waals surface area contributed by atoms with Crippen LogP contribution < -0.4 is 5.73 Å². The molecule has 2 heterocycles. The van der Waals surface area contributed by atoms with Crippen molar-refractivity contribution in [2.24, 2.45) is 0 Å². The van der Waals surface area contributed by atoms with Crippen LogP contribution in [-0.4, -0.2) is 14.6 Å². The summed E-state index contributed by atoms with van der Waals surface area (Å²) in [5, 5.41) is 3.97. The van der Waals surface area contributed by atoms with Crippen molar-refractivity contribution in [3.05, 3.63) is 35.0 Å². The van der Waals surface area contributed by atoms with E-state index in [2.05, 4.69) is 10.1 Å². The number of aromatic nitrogens is 3. The van der Waals surface area contributed by atoms with E-state index < -0.39 is 0 Å². The van der Waals surface area contributed by atoms with Crippen molar-refractivity contribution in [2.45, 2.75) is 0 Å². The van der Waals surface area contributed by atoms with Crippen LogP contribution in [0.5, 0.6) is 0 Å². The van der Waals surface area contributed by atoms with Gasteiger partial charge < -0.3 is 5.73 Å². The molecule has 0 atom stereocenters. The summed E-state index contributed by atoms with van der Waals surface area (Å²) in [6.07, 6.45) is 0. The first-order valence-electron chi connectivity index (χ1n) is 4.52. The monoisotopic (exact) mass is 216 g/mol. The summed E-state index contributed by atoms with van der Waals surface area (Å²) in [6.45, 7) is 0. The van der Waals surface area contributed by atoms with Gasteiger partial charge in [0.2, 0.25) is 0 Å². The fraction of sp³-hybridized carbons (Fsp3) is 0. The lowest BCUT2D eigenvalue weighted by atomic mass is 10.2. The van der Waals surface area contributed by atoms with Crippen LogP contribution in [0, 0.1) is 4.64 Å². The molecule has 0 saturated carbocycles. The van der Waals surface area contributed by atoms with Crippen LogP contribution in [0.25, 0.3) is 16.6 Å². The smallest absolute Gasteiger partial charge is 0.157 e. The topological polar surface area (TPSA) is 59.1 Å². The molecule has 5 heteroatoms. The van der Waals surface area contributed by atoms with Crippen molar-refractivity contribution in [3.63, 3.8) is 0 Å². The molecule has 0 aliphatic heterocycles. The molecule has 0 radical (unpaired) electrons. The van der Waals surface area contributed by atoms with Gasteiger partial charge in [-0.05, 0) is 12.1 Å². The second kappa shape index (κ2) is 2.80. The molecule has 0 fully saturated rings. The van der Waals surface area contributed by atoms with Crippen LogP contribution in [0.15, 0.2) is 30.3 Å². The molecule has 2 aromatic heterocycles. The number of para-hydroxylation sites is 1. The number of hydrogen-bond acceptors (Lipinski definition) is 3. The average Bonchev–Trinajstić information content (AvgIpc) is 2.59. The summed E-state index contributed by atoms with van der Waals surface area (Å²) in [5.41, 5.74) is 7.59. The predicted octanol–water partition coefficient (Wildman–Crippen LogP) is 2.13. The first-order valence-corrected chi connectivity index (χ1v) is 4.92. The molecule has 1 aromatic carbocycles. The van der Waals surface area contributed by atoms with Crippen LogP contribution in [0.3, 0.4) is 0 Å². The van der Waals surface area contributed by atoms with Gasteiger partial charge in [0.15, 0.2) is 5.65 Å². The third kappa shape index (κ3) is 1.13. The first-order chi connectivity index (χ1) is 7.25. The standard InChI is InChI=1S/C10H8N4S/c11-10-6-3-1-2-4-7(6)14-8(12-10)5-9(15)13-14/h1-5H,(H2,11,12)(H,13,15). The fourth-order valence-electron chi connectivity index (χ4n) is 1.72. The lowest BCUT2D eigenvalue weighted by molar-refractivity contribution is 0.977. The van der Waals surface area contributed by atoms with Crippen molar-refractivity contribution in [1.82, 2.24) is 14.6 Å². The van der Waals surface area contributed by atoms with Gasteiger partial charge in [0.1, 0.15) is 10.5 Å². The van der Waals surface area contributed by atoms with Gasteiger partial charge in [0.05, 0.1) is 5.52 Å². The molecule has 0 aliphatic rings. The van der Waals surface area contributed by atoms with E-state index in [4.69, 9.17) is 18.0 Å². The molecule has 0 aliphatic carbocycles. The van der Waals surface area contributed by atoms with Crippen molar-refractivity contribution < 1.29 is 0 Å². The Hall–Kier alpha value is -1.88. The van der Waals surface area contributed by atoms with E-state index in [1.54, 1.807) is 6.07 Å². The van der Waals surface area contributed by atoms with Gasteiger partial charge in [-0.3, -0.25) is 5.10 Å². The summed E-state index contributed by atoms with van der Waals surface area (Å²) in [6, 6.07) is 9.60. The summed E-state index contributed by atoms with van der Waals surface area (Å²) in [5.74, 6) is 0.527. The Balaban J connectivity index is 2.68. The number of rotatable bonds is 0. The van der Waals surface area contributed by atoms with Crippen LogP contribution in [0.1, 0.15) is 0 Å². The third-order valence-electron chi connectivity index (χ3n) is 2.37. The highest BCUT2D eigenvalue weighted by Crippen LogP contribution is 2.19. The van der Waals surface area contributed by atoms with Crippen molar-refractivity contribution >= 4 is 34.6 Å². The van der Waals surface area contributed by atoms with Gasteiger partial charge >= 0.3 is 0 Å². The van der Waals surface area contributed by atoms with E-state index in [1.165, 1.54) is 0 Å². The Bertz CT molecular complexity index is 710. The lowest BCUT2D eigenvalue weighted by Crippen LogP contribution is -1.98. The van der Waals surface area contributed by atoms with E-state index in [0.29, 0.717) is 10.5 Å². The van der Waals surface area contributed by atoms with Crippen LogP contribution in [0.2, 0.25) is 0 Å². The minimum absolute atomic E-state index is 0.527. The molecule has 0 bridgehead atoms. The molecule has 4 nitrogen and oxygen atoms in total. The predicted molar refractivity (Wildman–Crippen MR) is 62.3 cm³/mol. The SMILES string of the molecule is Nc1nc2cc(=S)[nH]n2c2ccccc12. The zero-order chi connectivity index (χ0) is 10.4. The number of nitrogen functional groups attached to an aromatic ring is 1. The molecule has 15 heavy (non-hydrogen) atoms. The van der Waals surface area contributed by atoms with Crippen LogP contribution in [-0.2, 0) is 0 Å². The van der Waals surface area contributed by atoms with Gasteiger partial charge in [-0.2, -0.15) is 0 Å². The lowest BCUT2D eigenvalue weighted by Gasteiger charge is -2.03. The van der Waals surface area contributed by atoms with Gasteiger partial charge in [-0.15, -0.1) is 0 Å². The number of nitrogens with zero attached hydrogens (tertiary/aromatic N) is 2. The summed E-state index contributed by atoms with van der Waals surface area (Å²) < 4.78 is 2.49. The third-order valence-corrected chi connectivity index (χ3v) is 2.58. The summed E-state index contributed by atoms with van der Waals surface area (Å²) >= 11 is 5.06. The number of aromatic amines is 1. The highest BCUT2D eigenvalue weighted by atomic mass is 32.1. The second-order valence-corrected chi connectivity index (χ2v) is 3.77. The Kier molecular flexibility index (Phi) is 1.58. The van der Waals surface area contributed by atoms with E-state index >= 15 is 0 Å². The number of H-pyrrole nitrogens is 1. The van der Waals surface area contributed by atoms with E-state index in [0.717, 1.165) is 16.6 Å². The maximum Gasteiger partial charge on any atom is 0.157 e. The molecule has 0 spiro atoms. The quantitative estimate of drug-likeness (QED) is 0.566. The molecule has 74 valence electrons. The first kappa shape index (κ1) is 8.43. The molecule has 0 unspecified atom stereocenters. The zero-order valence-electron chi connectivity index (χ0n) is 7.77. The maximum absolute atomic E-state index is 5.86. The van der Waals surface area contributed by atoms with Gasteiger partial charge in [-0.1, -0.05) is 24.4 Å². The number of anilines is 1. The number of nitrogens with one attached hydrogen (secondary N) is 1. The zero-order valence-corrected chi connectivity index (χ0v) is 8.58. The highest BCUT2D eigenvalue weighted by molar-refractivity contribution is 7.71. The van der Waals surface area contributed by atoms with E-state index in [9.17, 15) is 0 Å². The molecule has 3 rings (SSSR count). The molecular formula is C10H8N4S. The molecule has 0 saturated heterocycles. The Morgan fingerprint density at radius 2 is 2.13 bits per heavy atom.